The smallest absolute Gasteiger partial charge is 0.228 e. The molecule has 1 aliphatic heterocycles. The summed E-state index contributed by atoms with van der Waals surface area (Å²) in [7, 11) is 1.58. The van der Waals surface area contributed by atoms with Gasteiger partial charge in [-0.05, 0) is 70.0 Å². The van der Waals surface area contributed by atoms with Crippen LogP contribution in [-0.4, -0.2) is 52.9 Å². The molecule has 4 N–H and O–H groups in total. The lowest BCUT2D eigenvalue weighted by atomic mass is 10.1. The number of hydrogen-bond donors (Lipinski definition) is 3. The molecule has 4 rings (SSSR count). The van der Waals surface area contributed by atoms with Crippen LogP contribution in [0.3, 0.4) is 0 Å². The fourth-order valence-corrected chi connectivity index (χ4v) is 4.94. The third kappa shape index (κ3) is 8.13. The Kier molecular flexibility index (Phi) is 11.4. The number of nitrogens with zero attached hydrogens (tertiary/aromatic N) is 4. The first-order valence-electron chi connectivity index (χ1n) is 12.8. The molecule has 2 aromatic carbocycles. The number of nitrogen functional groups attached to an aromatic ring is 1. The first-order chi connectivity index (χ1) is 19.0. The van der Waals surface area contributed by atoms with E-state index < -0.39 is 11.6 Å². The highest BCUT2D eigenvalue weighted by atomic mass is 35.5. The molecule has 0 bridgehead atoms. The molecule has 1 fully saturated rings. The van der Waals surface area contributed by atoms with Gasteiger partial charge in [0.05, 0.1) is 16.9 Å². The number of halogens is 3. The Balaban J connectivity index is 0.00000462. The van der Waals surface area contributed by atoms with Crippen LogP contribution in [0.2, 0.25) is 5.02 Å². The molecule has 2 heterocycles. The number of ether oxygens (including phenoxy) is 1. The van der Waals surface area contributed by atoms with Crippen molar-refractivity contribution in [2.24, 2.45) is 0 Å². The summed E-state index contributed by atoms with van der Waals surface area (Å²) in [6.45, 7) is 7.73. The minimum absolute atomic E-state index is 0. The molecule has 222 valence electrons. The van der Waals surface area contributed by atoms with Gasteiger partial charge in [0.15, 0.2) is 5.82 Å². The molecular weight excluding hydrogens is 592 g/mol. The summed E-state index contributed by atoms with van der Waals surface area (Å²) in [5.41, 5.74) is 9.85. The van der Waals surface area contributed by atoms with Gasteiger partial charge in [-0.2, -0.15) is 22.8 Å². The fourth-order valence-electron chi connectivity index (χ4n) is 4.32. The first-order valence-corrected chi connectivity index (χ1v) is 13.8. The van der Waals surface area contributed by atoms with E-state index >= 15 is 0 Å². The van der Waals surface area contributed by atoms with Crippen molar-refractivity contribution in [1.29, 1.82) is 5.41 Å². The zero-order valence-corrected chi connectivity index (χ0v) is 25.7. The number of hydrogen-bond acceptors (Lipinski definition) is 10. The highest BCUT2D eigenvalue weighted by molar-refractivity contribution is 7.96. The van der Waals surface area contributed by atoms with Gasteiger partial charge in [-0.3, -0.25) is 4.31 Å². The zero-order chi connectivity index (χ0) is 29.0. The Morgan fingerprint density at radius 1 is 1.17 bits per heavy atom. The normalized spacial score (nSPS) is 14.0. The molecule has 14 heteroatoms. The third-order valence-corrected chi connectivity index (χ3v) is 7.35. The monoisotopic (exact) mass is 625 g/mol. The van der Waals surface area contributed by atoms with Gasteiger partial charge in [-0.15, -0.1) is 0 Å². The highest BCUT2D eigenvalue weighted by Gasteiger charge is 2.25. The molecule has 3 aromatic rings. The van der Waals surface area contributed by atoms with E-state index in [2.05, 4.69) is 34.2 Å². The lowest BCUT2D eigenvalue weighted by molar-refractivity contribution is 0.0812. The van der Waals surface area contributed by atoms with Crippen LogP contribution < -0.4 is 20.3 Å². The SMILES string of the molecule is CC(=N)c1c(N)nc(-c2ccc(NOSN(C)c3cc(Cl)ccc3F)c(F)c2)nc1OC1CCN(C(C)C)CC1.S. The van der Waals surface area contributed by atoms with Crippen LogP contribution in [0.15, 0.2) is 36.4 Å². The van der Waals surface area contributed by atoms with E-state index in [1.165, 1.54) is 34.6 Å². The molecule has 0 radical (unpaired) electrons. The van der Waals surface area contributed by atoms with Gasteiger partial charge in [0, 0.05) is 42.5 Å². The molecule has 41 heavy (non-hydrogen) atoms. The van der Waals surface area contributed by atoms with Gasteiger partial charge >= 0.3 is 0 Å². The van der Waals surface area contributed by atoms with Crippen LogP contribution in [0.1, 0.15) is 39.2 Å². The number of benzene rings is 2. The van der Waals surface area contributed by atoms with Crippen molar-refractivity contribution in [1.82, 2.24) is 14.9 Å². The molecule has 0 atom stereocenters. The Bertz CT molecular complexity index is 1380. The highest BCUT2D eigenvalue weighted by Crippen LogP contribution is 2.31. The van der Waals surface area contributed by atoms with Gasteiger partial charge in [-0.25, -0.2) is 19.2 Å². The second kappa shape index (κ2) is 14.4. The number of nitrogens with one attached hydrogen (secondary N) is 2. The van der Waals surface area contributed by atoms with E-state index in [9.17, 15) is 8.78 Å². The Morgan fingerprint density at radius 2 is 1.88 bits per heavy atom. The van der Waals surface area contributed by atoms with Crippen molar-refractivity contribution < 1.29 is 17.8 Å². The molecule has 0 spiro atoms. The van der Waals surface area contributed by atoms with Crippen LogP contribution in [0.5, 0.6) is 5.88 Å². The maximum Gasteiger partial charge on any atom is 0.228 e. The van der Waals surface area contributed by atoms with E-state index in [0.29, 0.717) is 22.2 Å². The Morgan fingerprint density at radius 3 is 2.51 bits per heavy atom. The molecule has 0 aliphatic carbocycles. The van der Waals surface area contributed by atoms with Crippen LogP contribution in [0.4, 0.5) is 26.0 Å². The van der Waals surface area contributed by atoms with Gasteiger partial charge in [0.25, 0.3) is 0 Å². The van der Waals surface area contributed by atoms with Crippen molar-refractivity contribution in [3.63, 3.8) is 0 Å². The summed E-state index contributed by atoms with van der Waals surface area (Å²) in [5, 5.41) is 8.54. The maximum absolute atomic E-state index is 15.0. The number of aromatic nitrogens is 2. The van der Waals surface area contributed by atoms with E-state index in [1.807, 2.05) is 0 Å². The summed E-state index contributed by atoms with van der Waals surface area (Å²) in [6.07, 6.45) is 1.56. The predicted octanol–water partition coefficient (Wildman–Crippen LogP) is 6.45. The third-order valence-electron chi connectivity index (χ3n) is 6.54. The molecule has 1 aliphatic rings. The van der Waals surface area contributed by atoms with E-state index in [-0.39, 0.29) is 54.2 Å². The number of rotatable bonds is 10. The summed E-state index contributed by atoms with van der Waals surface area (Å²) in [4.78, 5) is 11.2. The molecular formula is C27H34ClF2N7O2S2. The van der Waals surface area contributed by atoms with Gasteiger partial charge < -0.3 is 20.8 Å². The van der Waals surface area contributed by atoms with Crippen molar-refractivity contribution in [3.05, 3.63) is 58.6 Å². The van der Waals surface area contributed by atoms with E-state index in [4.69, 9.17) is 31.8 Å². The van der Waals surface area contributed by atoms with Gasteiger partial charge in [0.1, 0.15) is 35.8 Å². The lowest BCUT2D eigenvalue weighted by Gasteiger charge is -2.34. The number of piperidine rings is 1. The summed E-state index contributed by atoms with van der Waals surface area (Å²) in [6, 6.07) is 8.91. The molecule has 0 unspecified atom stereocenters. The van der Waals surface area contributed by atoms with Crippen molar-refractivity contribution in [2.45, 2.75) is 45.8 Å². The summed E-state index contributed by atoms with van der Waals surface area (Å²) < 4.78 is 42.0. The van der Waals surface area contributed by atoms with Crippen molar-refractivity contribution in [3.8, 4) is 17.3 Å². The molecule has 1 aromatic heterocycles. The topological polar surface area (TPSA) is 113 Å². The van der Waals surface area contributed by atoms with Crippen LogP contribution in [-0.2, 0) is 4.28 Å². The average Bonchev–Trinajstić information content (AvgIpc) is 2.90. The fraction of sp³-hybridized carbons (Fsp3) is 0.370. The lowest BCUT2D eigenvalue weighted by Crippen LogP contribution is -2.42. The van der Waals surface area contributed by atoms with Crippen molar-refractivity contribution >= 4 is 60.2 Å². The van der Waals surface area contributed by atoms with Crippen molar-refractivity contribution in [2.75, 3.05) is 35.7 Å². The minimum Gasteiger partial charge on any atom is -0.474 e. The van der Waals surface area contributed by atoms with E-state index in [1.54, 1.807) is 20.0 Å². The Hall–Kier alpha value is -2.84. The number of likely N-dealkylation sites (tertiary alicyclic amines) is 1. The number of nitrogens with two attached hydrogens (primary N) is 1. The van der Waals surface area contributed by atoms with Crippen LogP contribution >= 0.6 is 37.3 Å². The van der Waals surface area contributed by atoms with Crippen LogP contribution in [0, 0.1) is 17.0 Å². The molecule has 9 nitrogen and oxygen atoms in total. The van der Waals surface area contributed by atoms with E-state index in [0.717, 1.165) is 38.2 Å². The number of anilines is 3. The summed E-state index contributed by atoms with van der Waals surface area (Å²) >= 11 is 6.70. The minimum atomic E-state index is -0.632. The quantitative estimate of drug-likeness (QED) is 0.101. The maximum atomic E-state index is 15.0. The van der Waals surface area contributed by atoms with Gasteiger partial charge in [-0.1, -0.05) is 11.6 Å². The van der Waals surface area contributed by atoms with Crippen LogP contribution in [0.25, 0.3) is 11.4 Å². The Labute approximate surface area is 255 Å². The zero-order valence-electron chi connectivity index (χ0n) is 23.2. The summed E-state index contributed by atoms with van der Waals surface area (Å²) in [5.74, 6) is -0.629. The van der Waals surface area contributed by atoms with Gasteiger partial charge in [0.2, 0.25) is 5.88 Å². The first kappa shape index (κ1) is 32.7. The molecule has 0 amide bonds. The predicted molar refractivity (Wildman–Crippen MR) is 167 cm³/mol. The second-order valence-corrected chi connectivity index (χ2v) is 11.0. The molecule has 1 saturated heterocycles. The largest absolute Gasteiger partial charge is 0.474 e. The molecule has 0 saturated carbocycles. The standard InChI is InChI=1S/C27H32ClF2N7O2S.H2S/c1-15(2)37-11-9-19(10-12-37)38-27-24(16(3)31)25(32)33-26(34-27)17-5-8-22(21(30)13-17)35-39-40-36(4)23-14-18(28)6-7-20(23)29;/h5-8,13-15,19,31,35H,9-12H2,1-4H3,(H2,32,33,34);1H2. The second-order valence-electron chi connectivity index (χ2n) is 9.73. The average molecular weight is 626 g/mol.